The molecule has 0 radical (unpaired) electrons. The van der Waals surface area contributed by atoms with Gasteiger partial charge in [-0.25, -0.2) is 12.8 Å². The highest BCUT2D eigenvalue weighted by molar-refractivity contribution is 7.91. The van der Waals surface area contributed by atoms with Crippen LogP contribution in [-0.2, 0) is 15.6 Å². The minimum atomic E-state index is -4.19. The molecule has 3 aromatic rings. The zero-order valence-corrected chi connectivity index (χ0v) is 22.5. The van der Waals surface area contributed by atoms with Crippen molar-refractivity contribution < 1.29 is 36.2 Å². The molecular formula is C28H27F3N4O5S. The molecule has 1 aliphatic carbocycles. The van der Waals surface area contributed by atoms with Crippen LogP contribution in [0.5, 0.6) is 11.5 Å². The molecule has 4 rings (SSSR count). The van der Waals surface area contributed by atoms with Gasteiger partial charge in [0.15, 0.2) is 9.84 Å². The summed E-state index contributed by atoms with van der Waals surface area (Å²) >= 11 is 0. The Balaban J connectivity index is 1.62. The smallest absolute Gasteiger partial charge is 0.410 e. The van der Waals surface area contributed by atoms with Gasteiger partial charge in [-0.15, -0.1) is 0 Å². The fourth-order valence-electron chi connectivity index (χ4n) is 4.59. The molecule has 0 saturated heterocycles. The van der Waals surface area contributed by atoms with Gasteiger partial charge in [-0.05, 0) is 60.9 Å². The molecule has 0 aliphatic heterocycles. The summed E-state index contributed by atoms with van der Waals surface area (Å²) in [5, 5.41) is 23.5. The SMILES string of the molecule is N#CC1(C(C(CNC(=O)c2ccccc2O)NCC(F)(F)Oc2ccc(F)cc2)S(=O)(=O)Cc2cccnc2)CC1. The number of halogens is 3. The first kappa shape index (κ1) is 29.8. The number of alkyl halides is 2. The van der Waals surface area contributed by atoms with Crippen LogP contribution in [0.3, 0.4) is 0 Å². The number of aromatic nitrogens is 1. The Kier molecular flexibility index (Phi) is 8.84. The van der Waals surface area contributed by atoms with E-state index in [0.29, 0.717) is 5.56 Å². The maximum absolute atomic E-state index is 14.9. The summed E-state index contributed by atoms with van der Waals surface area (Å²) < 4.78 is 75.2. The van der Waals surface area contributed by atoms with Gasteiger partial charge in [0.25, 0.3) is 5.91 Å². The van der Waals surface area contributed by atoms with Crippen molar-refractivity contribution in [1.29, 1.82) is 5.26 Å². The summed E-state index contributed by atoms with van der Waals surface area (Å²) in [6, 6.07) is 13.3. The number of pyridine rings is 1. The molecule has 0 spiro atoms. The number of aromatic hydroxyl groups is 1. The predicted octanol–water partition coefficient (Wildman–Crippen LogP) is 3.57. The molecule has 41 heavy (non-hydrogen) atoms. The number of carbonyl (C=O) groups excluding carboxylic acids is 1. The number of amides is 1. The Morgan fingerprint density at radius 2 is 1.85 bits per heavy atom. The van der Waals surface area contributed by atoms with Crippen LogP contribution in [0.4, 0.5) is 13.2 Å². The van der Waals surface area contributed by atoms with Crippen LogP contribution < -0.4 is 15.4 Å². The molecule has 13 heteroatoms. The van der Waals surface area contributed by atoms with Gasteiger partial charge in [-0.1, -0.05) is 18.2 Å². The van der Waals surface area contributed by atoms with E-state index in [4.69, 9.17) is 4.74 Å². The molecule has 3 N–H and O–H groups in total. The second kappa shape index (κ2) is 12.2. The van der Waals surface area contributed by atoms with Gasteiger partial charge >= 0.3 is 6.11 Å². The van der Waals surface area contributed by atoms with E-state index < -0.39 is 63.2 Å². The van der Waals surface area contributed by atoms with Crippen molar-refractivity contribution in [3.05, 3.63) is 90.0 Å². The lowest BCUT2D eigenvalue weighted by atomic mass is 9.97. The minimum absolute atomic E-state index is 0.104. The fraction of sp³-hybridized carbons (Fsp3) is 0.321. The van der Waals surface area contributed by atoms with E-state index >= 15 is 0 Å². The number of benzene rings is 2. The number of nitrogens with one attached hydrogen (secondary N) is 2. The molecule has 9 nitrogen and oxygen atoms in total. The largest absolute Gasteiger partial charge is 0.507 e. The van der Waals surface area contributed by atoms with Crippen molar-refractivity contribution in [1.82, 2.24) is 15.6 Å². The van der Waals surface area contributed by atoms with Crippen molar-refractivity contribution in [2.45, 2.75) is 36.0 Å². The zero-order chi connectivity index (χ0) is 29.7. The van der Waals surface area contributed by atoms with Gasteiger partial charge in [0.2, 0.25) is 0 Å². The summed E-state index contributed by atoms with van der Waals surface area (Å²) in [6.45, 7) is -1.66. The number of hydrogen-bond acceptors (Lipinski definition) is 8. The Bertz CT molecular complexity index is 1510. The minimum Gasteiger partial charge on any atom is -0.507 e. The van der Waals surface area contributed by atoms with E-state index in [1.54, 1.807) is 12.1 Å². The van der Waals surface area contributed by atoms with Crippen molar-refractivity contribution in [3.63, 3.8) is 0 Å². The number of carbonyl (C=O) groups is 1. The van der Waals surface area contributed by atoms with Gasteiger partial charge in [0.05, 0.1) is 28.1 Å². The van der Waals surface area contributed by atoms with Crippen LogP contribution in [0.1, 0.15) is 28.8 Å². The first-order chi connectivity index (χ1) is 19.4. The zero-order valence-electron chi connectivity index (χ0n) is 21.6. The number of phenolic OH excluding ortho intramolecular Hbond substituents is 1. The number of phenols is 1. The highest BCUT2D eigenvalue weighted by Gasteiger charge is 2.58. The quantitative estimate of drug-likeness (QED) is 0.275. The van der Waals surface area contributed by atoms with Gasteiger partial charge in [0.1, 0.15) is 23.9 Å². The average Bonchev–Trinajstić information content (AvgIpc) is 3.72. The highest BCUT2D eigenvalue weighted by atomic mass is 32.2. The van der Waals surface area contributed by atoms with Gasteiger partial charge < -0.3 is 20.5 Å². The monoisotopic (exact) mass is 588 g/mol. The van der Waals surface area contributed by atoms with Crippen molar-refractivity contribution in [2.75, 3.05) is 13.1 Å². The first-order valence-corrected chi connectivity index (χ1v) is 14.3. The third-order valence-corrected chi connectivity index (χ3v) is 8.97. The van der Waals surface area contributed by atoms with Crippen LogP contribution >= 0.6 is 0 Å². The normalized spacial score (nSPS) is 15.8. The number of ether oxygens (including phenoxy) is 1. The average molecular weight is 589 g/mol. The Morgan fingerprint density at radius 3 is 2.46 bits per heavy atom. The molecule has 1 saturated carbocycles. The number of rotatable bonds is 13. The number of nitrogens with zero attached hydrogens (tertiary/aromatic N) is 2. The van der Waals surface area contributed by atoms with Crippen LogP contribution in [0.25, 0.3) is 0 Å². The maximum atomic E-state index is 14.9. The van der Waals surface area contributed by atoms with E-state index in [-0.39, 0.29) is 29.9 Å². The molecular weight excluding hydrogens is 561 g/mol. The van der Waals surface area contributed by atoms with E-state index in [1.165, 1.54) is 36.7 Å². The van der Waals surface area contributed by atoms with Crippen LogP contribution in [-0.4, -0.2) is 54.9 Å². The molecule has 1 heterocycles. The first-order valence-electron chi connectivity index (χ1n) is 12.6. The predicted molar refractivity (Wildman–Crippen MR) is 142 cm³/mol. The molecule has 1 aromatic heterocycles. The summed E-state index contributed by atoms with van der Waals surface area (Å²) in [5.41, 5.74) is -1.13. The molecule has 216 valence electrons. The summed E-state index contributed by atoms with van der Waals surface area (Å²) in [6.07, 6.45) is -0.622. The van der Waals surface area contributed by atoms with Crippen LogP contribution in [0.15, 0.2) is 73.1 Å². The number of sulfone groups is 1. The number of hydrogen-bond donors (Lipinski definition) is 3. The summed E-state index contributed by atoms with van der Waals surface area (Å²) in [5.74, 6) is -2.58. The fourth-order valence-corrected chi connectivity index (χ4v) is 7.07. The van der Waals surface area contributed by atoms with Crippen LogP contribution in [0.2, 0.25) is 0 Å². The third kappa shape index (κ3) is 7.53. The topological polar surface area (TPSA) is 141 Å². The summed E-state index contributed by atoms with van der Waals surface area (Å²) in [4.78, 5) is 16.7. The molecule has 1 fully saturated rings. The maximum Gasteiger partial charge on any atom is 0.410 e. The van der Waals surface area contributed by atoms with E-state index in [0.717, 1.165) is 24.3 Å². The Morgan fingerprint density at radius 1 is 1.15 bits per heavy atom. The van der Waals surface area contributed by atoms with Crippen molar-refractivity contribution in [3.8, 4) is 17.6 Å². The molecule has 2 aromatic carbocycles. The molecule has 1 amide bonds. The molecule has 2 atom stereocenters. The van der Waals surface area contributed by atoms with E-state index in [9.17, 15) is 36.8 Å². The molecule has 2 unspecified atom stereocenters. The summed E-state index contributed by atoms with van der Waals surface area (Å²) in [7, 11) is -4.19. The van der Waals surface area contributed by atoms with Gasteiger partial charge in [-0.2, -0.15) is 14.0 Å². The highest BCUT2D eigenvalue weighted by Crippen LogP contribution is 2.52. The standard InChI is InChI=1S/C28H27F3N4O5S/c29-20-7-9-21(10-8-20)40-28(30,31)18-35-23(15-34-26(37)22-5-1-2-6-24(22)36)25(27(17-32)11-12-27)41(38,39)16-19-4-3-13-33-14-19/h1-10,13-14,23,25,35-36H,11-12,15-16,18H2,(H,34,37). The van der Waals surface area contributed by atoms with E-state index in [1.807, 2.05) is 0 Å². The van der Waals surface area contributed by atoms with Gasteiger partial charge in [0, 0.05) is 25.0 Å². The molecule has 1 aliphatic rings. The molecule has 0 bridgehead atoms. The van der Waals surface area contributed by atoms with Crippen molar-refractivity contribution >= 4 is 15.7 Å². The Hall–Kier alpha value is -4.15. The van der Waals surface area contributed by atoms with Crippen molar-refractivity contribution in [2.24, 2.45) is 5.41 Å². The lowest BCUT2D eigenvalue weighted by Gasteiger charge is -2.32. The second-order valence-electron chi connectivity index (χ2n) is 9.76. The number of para-hydroxylation sites is 1. The third-order valence-electron chi connectivity index (χ3n) is 6.68. The lowest BCUT2D eigenvalue weighted by Crippen LogP contribution is -2.57. The number of nitriles is 1. The Labute approximate surface area is 234 Å². The van der Waals surface area contributed by atoms with Crippen LogP contribution in [0, 0.1) is 22.6 Å². The second-order valence-corrected chi connectivity index (χ2v) is 11.9. The lowest BCUT2D eigenvalue weighted by molar-refractivity contribution is -0.172. The van der Waals surface area contributed by atoms with Gasteiger partial charge in [-0.3, -0.25) is 9.78 Å². The van der Waals surface area contributed by atoms with E-state index in [2.05, 4.69) is 21.7 Å².